The summed E-state index contributed by atoms with van der Waals surface area (Å²) in [5.41, 5.74) is 1.18. The first kappa shape index (κ1) is 18.4. The average Bonchev–Trinajstić information content (AvgIpc) is 3.09. The molecule has 2 bridgehead atoms. The molecule has 9 heteroatoms. The second kappa shape index (κ2) is 6.88. The van der Waals surface area contributed by atoms with Gasteiger partial charge in [0.1, 0.15) is 5.69 Å². The normalized spacial score (nSPS) is 20.9. The van der Waals surface area contributed by atoms with E-state index in [1.807, 2.05) is 6.07 Å². The van der Waals surface area contributed by atoms with E-state index in [0.29, 0.717) is 31.2 Å². The number of amides is 1. The number of rotatable bonds is 4. The quantitative estimate of drug-likeness (QED) is 0.638. The van der Waals surface area contributed by atoms with E-state index in [-0.39, 0.29) is 17.7 Å². The first-order valence-electron chi connectivity index (χ1n) is 9.55. The molecule has 2 atom stereocenters. The minimum atomic E-state index is -0.637. The van der Waals surface area contributed by atoms with Crippen molar-refractivity contribution in [3.63, 3.8) is 0 Å². The molecule has 0 aromatic carbocycles. The second-order valence-electron chi connectivity index (χ2n) is 8.20. The molecule has 0 aliphatic carbocycles. The van der Waals surface area contributed by atoms with Crippen LogP contribution >= 0.6 is 0 Å². The number of aromatic nitrogens is 3. The summed E-state index contributed by atoms with van der Waals surface area (Å²) in [6, 6.07) is 4.75. The summed E-state index contributed by atoms with van der Waals surface area (Å²) >= 11 is 0. The van der Waals surface area contributed by atoms with Crippen LogP contribution in [0.1, 0.15) is 48.1 Å². The number of H-pyrrole nitrogens is 1. The number of nitrogens with zero attached hydrogens (tertiary/aromatic N) is 4. The minimum Gasteiger partial charge on any atom is -0.336 e. The lowest BCUT2D eigenvalue weighted by atomic mass is 9.83. The molecule has 1 amide bonds. The number of hydrogen-bond donors (Lipinski definition) is 1. The molecule has 4 heterocycles. The first-order chi connectivity index (χ1) is 13.3. The largest absolute Gasteiger partial charge is 0.336 e. The maximum atomic E-state index is 12.9. The van der Waals surface area contributed by atoms with E-state index in [9.17, 15) is 19.7 Å². The molecule has 4 rings (SSSR count). The van der Waals surface area contributed by atoms with Gasteiger partial charge in [-0.2, -0.15) is 5.10 Å². The van der Waals surface area contributed by atoms with Crippen LogP contribution in [0.3, 0.4) is 0 Å². The Kier molecular flexibility index (Phi) is 4.52. The first-order valence-corrected chi connectivity index (χ1v) is 9.55. The fraction of sp³-hybridized carbons (Fsp3) is 0.526. The van der Waals surface area contributed by atoms with Crippen molar-refractivity contribution in [2.24, 2.45) is 11.8 Å². The number of nitro groups is 1. The van der Waals surface area contributed by atoms with Crippen molar-refractivity contribution in [3.05, 3.63) is 55.7 Å². The molecule has 1 fully saturated rings. The summed E-state index contributed by atoms with van der Waals surface area (Å²) in [5.74, 6) is 0.457. The highest BCUT2D eigenvalue weighted by Crippen LogP contribution is 2.36. The van der Waals surface area contributed by atoms with Gasteiger partial charge < -0.3 is 9.47 Å². The minimum absolute atomic E-state index is 0.000898. The molecular weight excluding hydrogens is 362 g/mol. The predicted octanol–water partition coefficient (Wildman–Crippen LogP) is 1.94. The van der Waals surface area contributed by atoms with Crippen LogP contribution in [0.2, 0.25) is 0 Å². The highest BCUT2D eigenvalue weighted by Gasteiger charge is 2.38. The standard InChI is InChI=1S/C19H23N5O4/c1-11(2)5-14-7-15(21-20-14)18(25)22-8-12-6-13(10-22)16-3-4-17(24(27)28)19(26)23(16)9-12/h3-4,7,11-13H,5-6,8-10H2,1-2H3,(H,20,21). The lowest BCUT2D eigenvalue weighted by Gasteiger charge is -2.42. The van der Waals surface area contributed by atoms with E-state index in [1.165, 1.54) is 10.6 Å². The van der Waals surface area contributed by atoms with E-state index < -0.39 is 16.2 Å². The number of piperidine rings is 1. The van der Waals surface area contributed by atoms with Crippen LogP contribution in [0.25, 0.3) is 0 Å². The highest BCUT2D eigenvalue weighted by atomic mass is 16.6. The molecule has 0 radical (unpaired) electrons. The van der Waals surface area contributed by atoms with Gasteiger partial charge in [-0.25, -0.2) is 0 Å². The Morgan fingerprint density at radius 3 is 2.86 bits per heavy atom. The van der Waals surface area contributed by atoms with Crippen molar-refractivity contribution in [2.45, 2.75) is 39.2 Å². The topological polar surface area (TPSA) is 114 Å². The number of carbonyl (C=O) groups is 1. The molecule has 0 spiro atoms. The summed E-state index contributed by atoms with van der Waals surface area (Å²) in [6.45, 7) is 5.63. The van der Waals surface area contributed by atoms with Crippen LogP contribution in [0.15, 0.2) is 23.0 Å². The molecule has 9 nitrogen and oxygen atoms in total. The van der Waals surface area contributed by atoms with Gasteiger partial charge in [-0.1, -0.05) is 13.8 Å². The number of hydrogen-bond acceptors (Lipinski definition) is 5. The van der Waals surface area contributed by atoms with Crippen LogP contribution in [0, 0.1) is 22.0 Å². The highest BCUT2D eigenvalue weighted by molar-refractivity contribution is 5.92. The lowest BCUT2D eigenvalue weighted by Crippen LogP contribution is -2.49. The number of likely N-dealkylation sites (tertiary alicyclic amines) is 1. The Balaban J connectivity index is 1.57. The van der Waals surface area contributed by atoms with E-state index in [4.69, 9.17) is 0 Å². The van der Waals surface area contributed by atoms with E-state index in [2.05, 4.69) is 24.0 Å². The van der Waals surface area contributed by atoms with Crippen LogP contribution in [0.4, 0.5) is 5.69 Å². The maximum absolute atomic E-state index is 12.9. The van der Waals surface area contributed by atoms with Gasteiger partial charge in [0.25, 0.3) is 5.91 Å². The van der Waals surface area contributed by atoms with Crippen molar-refractivity contribution >= 4 is 11.6 Å². The number of fused-ring (bicyclic) bond motifs is 4. The van der Waals surface area contributed by atoms with Crippen LogP contribution in [0.5, 0.6) is 0 Å². The van der Waals surface area contributed by atoms with Crippen molar-refractivity contribution in [1.29, 1.82) is 0 Å². The van der Waals surface area contributed by atoms with Gasteiger partial charge in [0.05, 0.1) is 4.92 Å². The third kappa shape index (κ3) is 3.21. The fourth-order valence-electron chi connectivity index (χ4n) is 4.42. The van der Waals surface area contributed by atoms with Gasteiger partial charge in [0, 0.05) is 43.0 Å². The maximum Gasteiger partial charge on any atom is 0.334 e. The third-order valence-electron chi connectivity index (χ3n) is 5.55. The van der Waals surface area contributed by atoms with Crippen molar-refractivity contribution in [3.8, 4) is 0 Å². The summed E-state index contributed by atoms with van der Waals surface area (Å²) in [5, 5.41) is 18.2. The zero-order valence-electron chi connectivity index (χ0n) is 15.9. The van der Waals surface area contributed by atoms with Crippen molar-refractivity contribution in [1.82, 2.24) is 19.7 Å². The SMILES string of the molecule is CC(C)Cc1cc(C(=O)N2CC3CC(C2)c2ccc([N+](=O)[O-])c(=O)n2C3)n[nH]1. The van der Waals surface area contributed by atoms with Gasteiger partial charge in [0.2, 0.25) is 0 Å². The number of aromatic amines is 1. The zero-order valence-corrected chi connectivity index (χ0v) is 15.9. The molecule has 0 saturated carbocycles. The van der Waals surface area contributed by atoms with E-state index in [1.54, 1.807) is 11.0 Å². The Morgan fingerprint density at radius 1 is 1.36 bits per heavy atom. The zero-order chi connectivity index (χ0) is 20.0. The molecule has 148 valence electrons. The summed E-state index contributed by atoms with van der Waals surface area (Å²) < 4.78 is 1.52. The summed E-state index contributed by atoms with van der Waals surface area (Å²) in [4.78, 5) is 37.6. The number of carbonyl (C=O) groups excluding carboxylic acids is 1. The summed E-state index contributed by atoms with van der Waals surface area (Å²) in [7, 11) is 0. The average molecular weight is 385 g/mol. The molecule has 1 saturated heterocycles. The van der Waals surface area contributed by atoms with Crippen LogP contribution < -0.4 is 5.56 Å². The molecule has 2 unspecified atom stereocenters. The van der Waals surface area contributed by atoms with Gasteiger partial charge in [-0.15, -0.1) is 0 Å². The second-order valence-corrected chi connectivity index (χ2v) is 8.20. The van der Waals surface area contributed by atoms with Gasteiger partial charge >= 0.3 is 11.2 Å². The van der Waals surface area contributed by atoms with Crippen LogP contribution in [-0.4, -0.2) is 43.6 Å². The van der Waals surface area contributed by atoms with Crippen molar-refractivity contribution in [2.75, 3.05) is 13.1 Å². The summed E-state index contributed by atoms with van der Waals surface area (Å²) in [6.07, 6.45) is 1.71. The molecule has 2 aromatic rings. The Hall–Kier alpha value is -2.97. The third-order valence-corrected chi connectivity index (χ3v) is 5.55. The monoisotopic (exact) mass is 385 g/mol. The van der Waals surface area contributed by atoms with Crippen molar-refractivity contribution < 1.29 is 9.72 Å². The molecule has 28 heavy (non-hydrogen) atoms. The molecular formula is C19H23N5O4. The lowest BCUT2D eigenvalue weighted by molar-refractivity contribution is -0.386. The molecule has 2 aliphatic heterocycles. The smallest absolute Gasteiger partial charge is 0.334 e. The van der Waals surface area contributed by atoms with Gasteiger partial charge in [-0.3, -0.25) is 24.8 Å². The molecule has 2 aliphatic rings. The van der Waals surface area contributed by atoms with E-state index >= 15 is 0 Å². The van der Waals surface area contributed by atoms with Crippen LogP contribution in [-0.2, 0) is 13.0 Å². The Labute approximate surface area is 161 Å². The van der Waals surface area contributed by atoms with E-state index in [0.717, 1.165) is 24.2 Å². The fourth-order valence-corrected chi connectivity index (χ4v) is 4.42. The predicted molar refractivity (Wildman–Crippen MR) is 101 cm³/mol. The number of nitrogens with one attached hydrogen (secondary N) is 1. The van der Waals surface area contributed by atoms with Gasteiger partial charge in [-0.05, 0) is 36.8 Å². The number of pyridine rings is 1. The Morgan fingerprint density at radius 2 is 2.14 bits per heavy atom. The molecule has 2 aromatic heterocycles. The molecule has 1 N–H and O–H groups in total. The Bertz CT molecular complexity index is 992. The van der Waals surface area contributed by atoms with Gasteiger partial charge in [0.15, 0.2) is 0 Å².